The third-order valence-corrected chi connectivity index (χ3v) is 5.09. The number of rotatable bonds is 4. The van der Waals surface area contributed by atoms with Gasteiger partial charge in [-0.25, -0.2) is 19.2 Å². The van der Waals surface area contributed by atoms with Crippen LogP contribution < -0.4 is 4.90 Å². The number of aromatic nitrogens is 2. The number of carboxylic acid groups (broad SMARTS) is 1. The normalized spacial score (nSPS) is 21.2. The lowest BCUT2D eigenvalue weighted by atomic mass is 10.1. The van der Waals surface area contributed by atoms with E-state index in [-0.39, 0.29) is 11.9 Å². The maximum Gasteiger partial charge on any atom is 0.490 e. The van der Waals surface area contributed by atoms with Gasteiger partial charge in [-0.1, -0.05) is 18.2 Å². The summed E-state index contributed by atoms with van der Waals surface area (Å²) in [5, 5.41) is 7.12. The number of benzene rings is 1. The molecule has 3 heterocycles. The van der Waals surface area contributed by atoms with Crippen molar-refractivity contribution in [1.82, 2.24) is 14.9 Å². The van der Waals surface area contributed by atoms with Crippen LogP contribution >= 0.6 is 0 Å². The Morgan fingerprint density at radius 2 is 1.81 bits per heavy atom. The lowest BCUT2D eigenvalue weighted by molar-refractivity contribution is -0.192. The lowest BCUT2D eigenvalue weighted by Crippen LogP contribution is -2.50. The van der Waals surface area contributed by atoms with Crippen LogP contribution in [0.25, 0.3) is 0 Å². The first-order valence-electron chi connectivity index (χ1n) is 9.65. The minimum atomic E-state index is -5.08. The van der Waals surface area contributed by atoms with E-state index in [1.165, 1.54) is 6.07 Å². The number of nitrogens with zero attached hydrogens (tertiary/aromatic N) is 4. The Balaban J connectivity index is 0.000000339. The van der Waals surface area contributed by atoms with Gasteiger partial charge in [-0.3, -0.25) is 4.90 Å². The molecule has 0 bridgehead atoms. The third kappa shape index (κ3) is 6.34. The van der Waals surface area contributed by atoms with Gasteiger partial charge in [-0.05, 0) is 18.6 Å². The summed E-state index contributed by atoms with van der Waals surface area (Å²) in [6.45, 7) is 4.10. The van der Waals surface area contributed by atoms with Crippen molar-refractivity contribution in [3.05, 3.63) is 54.1 Å². The lowest BCUT2D eigenvalue weighted by Gasteiger charge is -2.37. The zero-order valence-corrected chi connectivity index (χ0v) is 16.5. The van der Waals surface area contributed by atoms with Crippen molar-refractivity contribution in [3.8, 4) is 0 Å². The zero-order valence-electron chi connectivity index (χ0n) is 16.5. The number of carbonyl (C=O) groups is 1. The zero-order chi connectivity index (χ0) is 22.4. The van der Waals surface area contributed by atoms with Gasteiger partial charge in [0.2, 0.25) is 5.95 Å². The second-order valence-electron chi connectivity index (χ2n) is 7.21. The van der Waals surface area contributed by atoms with Crippen LogP contribution in [0.4, 0.5) is 23.5 Å². The molecule has 0 amide bonds. The molecule has 0 aliphatic carbocycles. The van der Waals surface area contributed by atoms with Gasteiger partial charge < -0.3 is 14.7 Å². The first-order valence-corrected chi connectivity index (χ1v) is 9.65. The average Bonchev–Trinajstić information content (AvgIpc) is 3.16. The second kappa shape index (κ2) is 10.0. The molecule has 1 N–H and O–H groups in total. The topological polar surface area (TPSA) is 78.8 Å². The molecule has 1 aromatic carbocycles. The van der Waals surface area contributed by atoms with Gasteiger partial charge in [0.05, 0.1) is 12.7 Å². The van der Waals surface area contributed by atoms with Crippen molar-refractivity contribution in [3.63, 3.8) is 0 Å². The SMILES string of the molecule is Fc1ccccc1CO[C@@H]1C[C@H]2CN(c3ncccn3)CCN2C1.O=C(O)C(F)(F)F. The average molecular weight is 442 g/mol. The van der Waals surface area contributed by atoms with E-state index in [0.29, 0.717) is 18.2 Å². The van der Waals surface area contributed by atoms with E-state index >= 15 is 0 Å². The molecule has 2 saturated heterocycles. The highest BCUT2D eigenvalue weighted by atomic mass is 19.4. The van der Waals surface area contributed by atoms with Crippen molar-refractivity contribution in [1.29, 1.82) is 0 Å². The van der Waals surface area contributed by atoms with E-state index in [4.69, 9.17) is 14.6 Å². The van der Waals surface area contributed by atoms with Crippen molar-refractivity contribution in [2.24, 2.45) is 0 Å². The summed E-state index contributed by atoms with van der Waals surface area (Å²) in [7, 11) is 0. The molecule has 2 aliphatic rings. The molecule has 2 atom stereocenters. The largest absolute Gasteiger partial charge is 0.490 e. The molecule has 0 radical (unpaired) electrons. The molecule has 2 fully saturated rings. The van der Waals surface area contributed by atoms with Crippen LogP contribution in [0.15, 0.2) is 42.7 Å². The summed E-state index contributed by atoms with van der Waals surface area (Å²) >= 11 is 0. The van der Waals surface area contributed by atoms with Crippen LogP contribution in [0.3, 0.4) is 0 Å². The highest BCUT2D eigenvalue weighted by Gasteiger charge is 2.38. The summed E-state index contributed by atoms with van der Waals surface area (Å²) in [5.74, 6) is -2.15. The number of aliphatic carboxylic acids is 1. The summed E-state index contributed by atoms with van der Waals surface area (Å²) < 4.78 is 51.4. The minimum absolute atomic E-state index is 0.159. The fourth-order valence-corrected chi connectivity index (χ4v) is 3.58. The summed E-state index contributed by atoms with van der Waals surface area (Å²) in [6, 6.07) is 9.10. The molecule has 4 rings (SSSR count). The molecule has 0 spiro atoms. The Morgan fingerprint density at radius 1 is 1.13 bits per heavy atom. The number of piperazine rings is 1. The quantitative estimate of drug-likeness (QED) is 0.730. The van der Waals surface area contributed by atoms with E-state index in [0.717, 1.165) is 38.5 Å². The van der Waals surface area contributed by atoms with Crippen LogP contribution in [-0.2, 0) is 16.1 Å². The second-order valence-corrected chi connectivity index (χ2v) is 7.21. The Morgan fingerprint density at radius 3 is 2.45 bits per heavy atom. The number of hydrogen-bond donors (Lipinski definition) is 1. The molecular formula is C20H22F4N4O3. The highest BCUT2D eigenvalue weighted by molar-refractivity contribution is 5.73. The van der Waals surface area contributed by atoms with Gasteiger partial charge in [-0.2, -0.15) is 13.2 Å². The van der Waals surface area contributed by atoms with Crippen LogP contribution in [0, 0.1) is 5.82 Å². The number of alkyl halides is 3. The van der Waals surface area contributed by atoms with Crippen LogP contribution in [0.5, 0.6) is 0 Å². The number of carboxylic acids is 1. The van der Waals surface area contributed by atoms with Gasteiger partial charge in [-0.15, -0.1) is 0 Å². The van der Waals surface area contributed by atoms with E-state index in [9.17, 15) is 17.6 Å². The summed E-state index contributed by atoms with van der Waals surface area (Å²) in [6.07, 6.45) is -0.392. The molecule has 168 valence electrons. The van der Waals surface area contributed by atoms with Crippen molar-refractivity contribution >= 4 is 11.9 Å². The first-order chi connectivity index (χ1) is 14.7. The Bertz CT molecular complexity index is 869. The maximum atomic E-state index is 13.7. The first kappa shape index (κ1) is 22.9. The number of ether oxygens (including phenoxy) is 1. The smallest absolute Gasteiger partial charge is 0.475 e. The van der Waals surface area contributed by atoms with Gasteiger partial charge in [0, 0.05) is 50.2 Å². The van der Waals surface area contributed by atoms with Gasteiger partial charge in [0.25, 0.3) is 0 Å². The summed E-state index contributed by atoms with van der Waals surface area (Å²) in [4.78, 5) is 22.3. The highest BCUT2D eigenvalue weighted by Crippen LogP contribution is 2.26. The van der Waals surface area contributed by atoms with Crippen LogP contribution in [0.1, 0.15) is 12.0 Å². The Kier molecular flexibility index (Phi) is 7.39. The third-order valence-electron chi connectivity index (χ3n) is 5.09. The predicted molar refractivity (Wildman–Crippen MR) is 103 cm³/mol. The molecule has 0 unspecified atom stereocenters. The van der Waals surface area contributed by atoms with Crippen LogP contribution in [-0.4, -0.2) is 70.4 Å². The number of halogens is 4. The molecule has 7 nitrogen and oxygen atoms in total. The van der Waals surface area contributed by atoms with Crippen molar-refractivity contribution < 1.29 is 32.2 Å². The van der Waals surface area contributed by atoms with E-state index in [2.05, 4.69) is 19.8 Å². The minimum Gasteiger partial charge on any atom is -0.475 e. The van der Waals surface area contributed by atoms with Crippen molar-refractivity contribution in [2.45, 2.75) is 31.3 Å². The Labute approximate surface area is 176 Å². The molecule has 31 heavy (non-hydrogen) atoms. The standard InChI is InChI=1S/C18H21FN4O.C2HF3O2/c19-17-5-2-1-4-14(17)13-24-16-10-15-11-23(9-8-22(15)12-16)18-20-6-3-7-21-18;3-2(4,5)1(6)7/h1-7,15-16H,8-13H2;(H,6,7)/t15-,16+;/m0./s1. The van der Waals surface area contributed by atoms with Gasteiger partial charge >= 0.3 is 12.1 Å². The van der Waals surface area contributed by atoms with Crippen molar-refractivity contribution in [2.75, 3.05) is 31.1 Å². The molecule has 2 aromatic rings. The Hall–Kier alpha value is -2.79. The molecular weight excluding hydrogens is 420 g/mol. The molecule has 1 aromatic heterocycles. The monoisotopic (exact) mass is 442 g/mol. The van der Waals surface area contributed by atoms with Crippen LogP contribution in [0.2, 0.25) is 0 Å². The maximum absolute atomic E-state index is 13.7. The number of anilines is 1. The fraction of sp³-hybridized carbons (Fsp3) is 0.450. The molecule has 2 aliphatic heterocycles. The number of fused-ring (bicyclic) bond motifs is 1. The fourth-order valence-electron chi connectivity index (χ4n) is 3.58. The van der Waals surface area contributed by atoms with E-state index in [1.54, 1.807) is 24.5 Å². The van der Waals surface area contributed by atoms with E-state index in [1.807, 2.05) is 12.1 Å². The van der Waals surface area contributed by atoms with E-state index < -0.39 is 12.1 Å². The number of hydrogen-bond acceptors (Lipinski definition) is 6. The summed E-state index contributed by atoms with van der Waals surface area (Å²) in [5.41, 5.74) is 0.627. The predicted octanol–water partition coefficient (Wildman–Crippen LogP) is 2.73. The van der Waals surface area contributed by atoms with Gasteiger partial charge in [0.1, 0.15) is 5.82 Å². The van der Waals surface area contributed by atoms with Gasteiger partial charge in [0.15, 0.2) is 0 Å². The molecule has 0 saturated carbocycles. The molecule has 11 heteroatoms.